The smallest absolute Gasteiger partial charge is 0.303 e. The molecule has 1 aromatic heterocycles. The average Bonchev–Trinajstić information content (AvgIpc) is 2.79. The Labute approximate surface area is 129 Å². The van der Waals surface area contributed by atoms with Crippen molar-refractivity contribution in [1.82, 2.24) is 9.88 Å². The fraction of sp³-hybridized carbons (Fsp3) is 0.438. The molecule has 0 aliphatic carbocycles. The van der Waals surface area contributed by atoms with Gasteiger partial charge in [-0.25, -0.2) is 0 Å². The van der Waals surface area contributed by atoms with Crippen molar-refractivity contribution in [2.75, 3.05) is 6.54 Å². The molecule has 4 nitrogen and oxygen atoms in total. The van der Waals surface area contributed by atoms with Gasteiger partial charge in [-0.15, -0.1) is 0 Å². The molecular formula is C16H21ClN2O2. The molecule has 0 spiro atoms. The normalized spacial score (nSPS) is 11.7. The number of benzene rings is 1. The molecule has 5 heteroatoms. The molecule has 0 unspecified atom stereocenters. The van der Waals surface area contributed by atoms with Crippen LogP contribution in [0.5, 0.6) is 0 Å². The molecule has 2 aromatic rings. The number of aromatic amines is 1. The molecule has 2 N–H and O–H groups in total. The van der Waals surface area contributed by atoms with Gasteiger partial charge in [-0.3, -0.25) is 9.69 Å². The van der Waals surface area contributed by atoms with Crippen LogP contribution in [0.2, 0.25) is 5.02 Å². The van der Waals surface area contributed by atoms with Crippen LogP contribution in [0.4, 0.5) is 0 Å². The third-order valence-electron chi connectivity index (χ3n) is 3.67. The van der Waals surface area contributed by atoms with Crippen molar-refractivity contribution in [3.8, 4) is 0 Å². The molecule has 1 aromatic carbocycles. The van der Waals surface area contributed by atoms with Gasteiger partial charge < -0.3 is 10.1 Å². The molecule has 0 saturated carbocycles. The number of hydrogen-bond acceptors (Lipinski definition) is 2. The quantitative estimate of drug-likeness (QED) is 0.815. The number of aromatic nitrogens is 1. The predicted molar refractivity (Wildman–Crippen MR) is 85.7 cm³/mol. The van der Waals surface area contributed by atoms with Gasteiger partial charge in [0.2, 0.25) is 0 Å². The fourth-order valence-electron chi connectivity index (χ4n) is 2.46. The van der Waals surface area contributed by atoms with E-state index >= 15 is 0 Å². The Bertz CT molecular complexity index is 622. The van der Waals surface area contributed by atoms with Gasteiger partial charge in [0.05, 0.1) is 0 Å². The number of nitrogens with zero attached hydrogens (tertiary/aromatic N) is 1. The second kappa shape index (κ2) is 6.96. The van der Waals surface area contributed by atoms with Crippen LogP contribution in [0.1, 0.15) is 32.3 Å². The number of carbonyl (C=O) groups is 1. The molecule has 1 heterocycles. The van der Waals surface area contributed by atoms with E-state index in [2.05, 4.69) is 23.7 Å². The molecule has 0 atom stereocenters. The molecule has 0 bridgehead atoms. The topological polar surface area (TPSA) is 56.3 Å². The van der Waals surface area contributed by atoms with Crippen LogP contribution in [0.3, 0.4) is 0 Å². The van der Waals surface area contributed by atoms with E-state index in [9.17, 15) is 4.79 Å². The lowest BCUT2D eigenvalue weighted by atomic mass is 10.1. The number of hydrogen-bond donors (Lipinski definition) is 2. The molecule has 0 aliphatic rings. The summed E-state index contributed by atoms with van der Waals surface area (Å²) in [6.07, 6.45) is 2.89. The zero-order valence-corrected chi connectivity index (χ0v) is 13.2. The predicted octanol–water partition coefficient (Wildman–Crippen LogP) is 3.90. The van der Waals surface area contributed by atoms with E-state index in [4.69, 9.17) is 16.7 Å². The Morgan fingerprint density at radius 1 is 1.43 bits per heavy atom. The van der Waals surface area contributed by atoms with Crippen molar-refractivity contribution < 1.29 is 9.90 Å². The first-order chi connectivity index (χ1) is 9.97. The SMILES string of the molecule is CC(C)N(CCCC(=O)O)Cc1c[nH]c2cc(Cl)ccc12. The third kappa shape index (κ3) is 4.22. The first-order valence-electron chi connectivity index (χ1n) is 7.18. The summed E-state index contributed by atoms with van der Waals surface area (Å²) >= 11 is 6.00. The molecule has 0 fully saturated rings. The van der Waals surface area contributed by atoms with Crippen molar-refractivity contribution >= 4 is 28.5 Å². The largest absolute Gasteiger partial charge is 0.481 e. The minimum absolute atomic E-state index is 0.215. The number of carboxylic acids is 1. The lowest BCUT2D eigenvalue weighted by molar-refractivity contribution is -0.137. The maximum Gasteiger partial charge on any atom is 0.303 e. The lowest BCUT2D eigenvalue weighted by Gasteiger charge is -2.26. The average molecular weight is 309 g/mol. The summed E-state index contributed by atoms with van der Waals surface area (Å²) < 4.78 is 0. The highest BCUT2D eigenvalue weighted by atomic mass is 35.5. The van der Waals surface area contributed by atoms with Crippen LogP contribution >= 0.6 is 11.6 Å². The second-order valence-corrected chi connectivity index (χ2v) is 6.00. The highest BCUT2D eigenvalue weighted by Crippen LogP contribution is 2.23. The minimum atomic E-state index is -0.736. The number of rotatable bonds is 7. The Morgan fingerprint density at radius 2 is 2.19 bits per heavy atom. The highest BCUT2D eigenvalue weighted by Gasteiger charge is 2.13. The van der Waals surface area contributed by atoms with Crippen LogP contribution < -0.4 is 0 Å². The number of aliphatic carboxylic acids is 1. The summed E-state index contributed by atoms with van der Waals surface area (Å²) in [4.78, 5) is 16.2. The van der Waals surface area contributed by atoms with E-state index in [0.29, 0.717) is 12.5 Å². The maximum absolute atomic E-state index is 10.6. The summed E-state index contributed by atoms with van der Waals surface area (Å²) in [5.74, 6) is -0.736. The van der Waals surface area contributed by atoms with Crippen molar-refractivity contribution in [3.05, 3.63) is 35.0 Å². The second-order valence-electron chi connectivity index (χ2n) is 5.57. The van der Waals surface area contributed by atoms with Gasteiger partial charge in [-0.2, -0.15) is 0 Å². The standard InChI is InChI=1S/C16H21ClN2O2/c1-11(2)19(7-3-4-16(20)21)10-12-9-18-15-8-13(17)5-6-14(12)15/h5-6,8-9,11,18H,3-4,7,10H2,1-2H3,(H,20,21). The number of H-pyrrole nitrogens is 1. The van der Waals surface area contributed by atoms with Crippen LogP contribution in [0.15, 0.2) is 24.4 Å². The zero-order chi connectivity index (χ0) is 15.4. The molecule has 0 amide bonds. The van der Waals surface area contributed by atoms with Gasteiger partial charge in [0, 0.05) is 41.1 Å². The highest BCUT2D eigenvalue weighted by molar-refractivity contribution is 6.31. The van der Waals surface area contributed by atoms with Crippen molar-refractivity contribution in [1.29, 1.82) is 0 Å². The lowest BCUT2D eigenvalue weighted by Crippen LogP contribution is -2.31. The molecule has 114 valence electrons. The van der Waals surface area contributed by atoms with Gasteiger partial charge in [-0.05, 0) is 44.5 Å². The Morgan fingerprint density at radius 3 is 2.86 bits per heavy atom. The fourth-order valence-corrected chi connectivity index (χ4v) is 2.63. The van der Waals surface area contributed by atoms with Gasteiger partial charge in [0.25, 0.3) is 0 Å². The van der Waals surface area contributed by atoms with Crippen LogP contribution in [-0.2, 0) is 11.3 Å². The molecule has 2 rings (SSSR count). The van der Waals surface area contributed by atoms with Crippen LogP contribution in [-0.4, -0.2) is 33.5 Å². The molecule has 21 heavy (non-hydrogen) atoms. The molecular weight excluding hydrogens is 288 g/mol. The molecule has 0 aliphatic heterocycles. The number of halogens is 1. The van der Waals surface area contributed by atoms with E-state index in [0.717, 1.165) is 23.6 Å². The number of carboxylic acid groups (broad SMARTS) is 1. The summed E-state index contributed by atoms with van der Waals surface area (Å²) in [6, 6.07) is 6.21. The molecule has 0 radical (unpaired) electrons. The van der Waals surface area contributed by atoms with Crippen LogP contribution in [0.25, 0.3) is 10.9 Å². The first-order valence-corrected chi connectivity index (χ1v) is 7.56. The number of nitrogens with one attached hydrogen (secondary N) is 1. The summed E-state index contributed by atoms with van der Waals surface area (Å²) in [6.45, 7) is 5.85. The van der Waals surface area contributed by atoms with E-state index < -0.39 is 5.97 Å². The Balaban J connectivity index is 2.09. The summed E-state index contributed by atoms with van der Waals surface area (Å²) in [7, 11) is 0. The van der Waals surface area contributed by atoms with Gasteiger partial charge >= 0.3 is 5.97 Å². The number of fused-ring (bicyclic) bond motifs is 1. The van der Waals surface area contributed by atoms with Crippen LogP contribution in [0, 0.1) is 0 Å². The van der Waals surface area contributed by atoms with E-state index in [1.54, 1.807) is 0 Å². The first kappa shape index (κ1) is 15.9. The van der Waals surface area contributed by atoms with E-state index in [1.165, 1.54) is 10.9 Å². The van der Waals surface area contributed by atoms with Gasteiger partial charge in [0.15, 0.2) is 0 Å². The van der Waals surface area contributed by atoms with Crippen molar-refractivity contribution in [2.24, 2.45) is 0 Å². The Kier molecular flexibility index (Phi) is 5.26. The van der Waals surface area contributed by atoms with E-state index in [1.807, 2.05) is 24.4 Å². The summed E-state index contributed by atoms with van der Waals surface area (Å²) in [5, 5.41) is 10.6. The van der Waals surface area contributed by atoms with Crippen molar-refractivity contribution in [2.45, 2.75) is 39.3 Å². The van der Waals surface area contributed by atoms with Gasteiger partial charge in [-0.1, -0.05) is 17.7 Å². The van der Waals surface area contributed by atoms with Crippen molar-refractivity contribution in [3.63, 3.8) is 0 Å². The monoisotopic (exact) mass is 308 g/mol. The summed E-state index contributed by atoms with van der Waals surface area (Å²) in [5.41, 5.74) is 2.25. The Hall–Kier alpha value is -1.52. The third-order valence-corrected chi connectivity index (χ3v) is 3.90. The van der Waals surface area contributed by atoms with Gasteiger partial charge in [0.1, 0.15) is 0 Å². The van der Waals surface area contributed by atoms with E-state index in [-0.39, 0.29) is 6.42 Å². The molecule has 0 saturated heterocycles. The zero-order valence-electron chi connectivity index (χ0n) is 12.4. The minimum Gasteiger partial charge on any atom is -0.481 e. The maximum atomic E-state index is 10.6.